The molecule has 0 unspecified atom stereocenters. The summed E-state index contributed by atoms with van der Waals surface area (Å²) in [5.41, 5.74) is 10.1. The van der Waals surface area contributed by atoms with Crippen LogP contribution in [0.2, 0.25) is 0 Å². The molecule has 1 aromatic carbocycles. The number of para-hydroxylation sites is 1. The van der Waals surface area contributed by atoms with Crippen LogP contribution in [0, 0.1) is 0 Å². The number of hydrogen-bond donors (Lipinski definition) is 1. The van der Waals surface area contributed by atoms with Crippen LogP contribution in [0.15, 0.2) is 30.5 Å². The molecule has 0 saturated heterocycles. The Morgan fingerprint density at radius 2 is 2.20 bits per heavy atom. The number of nitrogens with zero attached hydrogens (tertiary/aromatic N) is 3. The highest BCUT2D eigenvalue weighted by atomic mass is 15.3. The minimum absolute atomic E-state index is 0.802. The van der Waals surface area contributed by atoms with Crippen LogP contribution in [0.25, 0.3) is 5.69 Å². The average molecular weight is 200 g/mol. The van der Waals surface area contributed by atoms with Crippen molar-refractivity contribution in [3.8, 4) is 5.69 Å². The van der Waals surface area contributed by atoms with Crippen LogP contribution in [0.1, 0.15) is 5.69 Å². The van der Waals surface area contributed by atoms with E-state index < -0.39 is 0 Å². The van der Waals surface area contributed by atoms with Gasteiger partial charge in [0.2, 0.25) is 0 Å². The molecular formula is C11H12N4. The summed E-state index contributed by atoms with van der Waals surface area (Å²) in [5.74, 6) is 0. The number of aromatic nitrogens is 2. The lowest BCUT2D eigenvalue weighted by Gasteiger charge is -2.29. The summed E-state index contributed by atoms with van der Waals surface area (Å²) in [4.78, 5) is 2.15. The molecule has 0 fully saturated rings. The molecule has 2 heterocycles. The van der Waals surface area contributed by atoms with Crippen molar-refractivity contribution < 1.29 is 0 Å². The van der Waals surface area contributed by atoms with E-state index in [2.05, 4.69) is 10.00 Å². The molecule has 1 aliphatic rings. The SMILES string of the molecule is CN1Cc2ccnn2-c2cccc(N)c21. The fourth-order valence-corrected chi connectivity index (χ4v) is 2.12. The van der Waals surface area contributed by atoms with Crippen molar-refractivity contribution in [3.63, 3.8) is 0 Å². The third-order valence-corrected chi connectivity index (χ3v) is 2.78. The highest BCUT2D eigenvalue weighted by molar-refractivity contribution is 5.78. The van der Waals surface area contributed by atoms with Gasteiger partial charge in [-0.05, 0) is 18.2 Å². The van der Waals surface area contributed by atoms with Crippen LogP contribution >= 0.6 is 0 Å². The molecule has 1 aromatic heterocycles. The quantitative estimate of drug-likeness (QED) is 0.654. The van der Waals surface area contributed by atoms with E-state index in [1.165, 1.54) is 5.69 Å². The summed E-state index contributed by atoms with van der Waals surface area (Å²) in [7, 11) is 2.05. The average Bonchev–Trinajstić information content (AvgIpc) is 2.65. The Bertz CT molecular complexity index is 515. The van der Waals surface area contributed by atoms with Crippen LogP contribution in [0.5, 0.6) is 0 Å². The van der Waals surface area contributed by atoms with E-state index in [1.807, 2.05) is 42.2 Å². The standard InChI is InChI=1S/C11H12N4/c1-14-7-8-5-6-13-15(8)10-4-2-3-9(12)11(10)14/h2-6H,7,12H2,1H3. The predicted octanol–water partition coefficient (Wildman–Crippen LogP) is 1.40. The fraction of sp³-hybridized carbons (Fsp3) is 0.182. The Morgan fingerprint density at radius 3 is 3.07 bits per heavy atom. The van der Waals surface area contributed by atoms with Crippen LogP contribution in [-0.2, 0) is 6.54 Å². The Balaban J connectivity index is 2.33. The first-order valence-corrected chi connectivity index (χ1v) is 4.90. The van der Waals surface area contributed by atoms with Gasteiger partial charge in [0.1, 0.15) is 0 Å². The summed E-state index contributed by atoms with van der Waals surface area (Å²) < 4.78 is 1.95. The van der Waals surface area contributed by atoms with Crippen molar-refractivity contribution in [3.05, 3.63) is 36.2 Å². The van der Waals surface area contributed by atoms with Gasteiger partial charge in [-0.15, -0.1) is 0 Å². The maximum Gasteiger partial charge on any atom is 0.0904 e. The second kappa shape index (κ2) is 2.76. The number of nitrogens with two attached hydrogens (primary N) is 1. The van der Waals surface area contributed by atoms with Gasteiger partial charge in [0.05, 0.1) is 29.3 Å². The van der Waals surface area contributed by atoms with Gasteiger partial charge in [0.15, 0.2) is 0 Å². The lowest BCUT2D eigenvalue weighted by atomic mass is 10.1. The van der Waals surface area contributed by atoms with Crippen LogP contribution < -0.4 is 10.6 Å². The van der Waals surface area contributed by atoms with Crippen LogP contribution in [-0.4, -0.2) is 16.8 Å². The van der Waals surface area contributed by atoms with Crippen molar-refractivity contribution in [2.45, 2.75) is 6.54 Å². The van der Waals surface area contributed by atoms with Gasteiger partial charge in [-0.2, -0.15) is 5.10 Å². The van der Waals surface area contributed by atoms with Crippen LogP contribution in [0.4, 0.5) is 11.4 Å². The maximum absolute atomic E-state index is 5.97. The molecular weight excluding hydrogens is 188 g/mol. The van der Waals surface area contributed by atoms with Crippen LogP contribution in [0.3, 0.4) is 0 Å². The smallest absolute Gasteiger partial charge is 0.0904 e. The number of fused-ring (bicyclic) bond motifs is 3. The van der Waals surface area contributed by atoms with Crippen molar-refractivity contribution in [1.82, 2.24) is 9.78 Å². The van der Waals surface area contributed by atoms with Crippen molar-refractivity contribution in [2.24, 2.45) is 0 Å². The fourth-order valence-electron chi connectivity index (χ4n) is 2.12. The largest absolute Gasteiger partial charge is 0.397 e. The summed E-state index contributed by atoms with van der Waals surface area (Å²) in [6.45, 7) is 0.848. The van der Waals surface area contributed by atoms with Crippen molar-refractivity contribution in [1.29, 1.82) is 0 Å². The number of anilines is 2. The molecule has 0 saturated carbocycles. The first-order chi connectivity index (χ1) is 7.27. The molecule has 0 atom stereocenters. The molecule has 1 aliphatic heterocycles. The third kappa shape index (κ3) is 1.05. The summed E-state index contributed by atoms with van der Waals surface area (Å²) in [5, 5.41) is 4.31. The Hall–Kier alpha value is -1.97. The lowest BCUT2D eigenvalue weighted by Crippen LogP contribution is -2.26. The van der Waals surface area contributed by atoms with Gasteiger partial charge in [-0.1, -0.05) is 6.07 Å². The zero-order valence-electron chi connectivity index (χ0n) is 8.51. The van der Waals surface area contributed by atoms with Crippen molar-refractivity contribution in [2.75, 3.05) is 17.7 Å². The van der Waals surface area contributed by atoms with E-state index in [1.54, 1.807) is 0 Å². The van der Waals surface area contributed by atoms with Crippen molar-refractivity contribution >= 4 is 11.4 Å². The molecule has 0 amide bonds. The molecule has 0 aliphatic carbocycles. The second-order valence-electron chi connectivity index (χ2n) is 3.81. The lowest BCUT2D eigenvalue weighted by molar-refractivity contribution is 0.741. The third-order valence-electron chi connectivity index (χ3n) is 2.78. The number of nitrogen functional groups attached to an aromatic ring is 1. The second-order valence-corrected chi connectivity index (χ2v) is 3.81. The highest BCUT2D eigenvalue weighted by Gasteiger charge is 2.21. The number of benzene rings is 1. The first kappa shape index (κ1) is 8.35. The molecule has 76 valence electrons. The normalized spacial score (nSPS) is 13.5. The molecule has 4 nitrogen and oxygen atoms in total. The van der Waals surface area contributed by atoms with Gasteiger partial charge in [-0.3, -0.25) is 0 Å². The van der Waals surface area contributed by atoms with E-state index >= 15 is 0 Å². The Morgan fingerprint density at radius 1 is 1.33 bits per heavy atom. The highest BCUT2D eigenvalue weighted by Crippen LogP contribution is 2.34. The van der Waals surface area contributed by atoms with E-state index in [9.17, 15) is 0 Å². The van der Waals surface area contributed by atoms with E-state index in [-0.39, 0.29) is 0 Å². The predicted molar refractivity (Wildman–Crippen MR) is 60.1 cm³/mol. The van der Waals surface area contributed by atoms with E-state index in [0.29, 0.717) is 0 Å². The zero-order chi connectivity index (χ0) is 10.4. The topological polar surface area (TPSA) is 47.1 Å². The summed E-state index contributed by atoms with van der Waals surface area (Å²) >= 11 is 0. The van der Waals surface area contributed by atoms with E-state index in [4.69, 9.17) is 5.73 Å². The summed E-state index contributed by atoms with van der Waals surface area (Å²) in [6, 6.07) is 7.95. The molecule has 2 N–H and O–H groups in total. The van der Waals surface area contributed by atoms with Gasteiger partial charge in [0, 0.05) is 13.2 Å². The molecule has 4 heteroatoms. The van der Waals surface area contributed by atoms with E-state index in [0.717, 1.165) is 23.6 Å². The molecule has 0 spiro atoms. The molecule has 15 heavy (non-hydrogen) atoms. The van der Waals surface area contributed by atoms with Gasteiger partial charge in [-0.25, -0.2) is 4.68 Å². The summed E-state index contributed by atoms with van der Waals surface area (Å²) in [6.07, 6.45) is 1.82. The Kier molecular flexibility index (Phi) is 1.54. The zero-order valence-corrected chi connectivity index (χ0v) is 8.51. The molecule has 2 aromatic rings. The van der Waals surface area contributed by atoms with Gasteiger partial charge >= 0.3 is 0 Å². The minimum Gasteiger partial charge on any atom is -0.397 e. The minimum atomic E-state index is 0.802. The molecule has 0 radical (unpaired) electrons. The van der Waals surface area contributed by atoms with Gasteiger partial charge < -0.3 is 10.6 Å². The maximum atomic E-state index is 5.97. The molecule has 0 bridgehead atoms. The number of rotatable bonds is 0. The first-order valence-electron chi connectivity index (χ1n) is 4.90. The molecule has 3 rings (SSSR count). The Labute approximate surface area is 87.9 Å². The van der Waals surface area contributed by atoms with Gasteiger partial charge in [0.25, 0.3) is 0 Å². The number of hydrogen-bond acceptors (Lipinski definition) is 3. The monoisotopic (exact) mass is 200 g/mol.